The molecule has 0 bridgehead atoms. The minimum absolute atomic E-state index is 0.142. The second-order valence-electron chi connectivity index (χ2n) is 2.76. The lowest BCUT2D eigenvalue weighted by Gasteiger charge is -2.06. The highest BCUT2D eigenvalue weighted by Crippen LogP contribution is 2.22. The van der Waals surface area contributed by atoms with E-state index in [1.54, 1.807) is 6.92 Å². The van der Waals surface area contributed by atoms with E-state index in [-0.39, 0.29) is 4.90 Å². The molecule has 0 saturated carbocycles. The maximum absolute atomic E-state index is 11.6. The molecule has 0 aliphatic rings. The van der Waals surface area contributed by atoms with Gasteiger partial charge in [0.05, 0.1) is 16.5 Å². The minimum atomic E-state index is -3.47. The van der Waals surface area contributed by atoms with E-state index in [1.165, 1.54) is 18.2 Å². The molecule has 0 aliphatic carbocycles. The van der Waals surface area contributed by atoms with Crippen LogP contribution >= 0.6 is 15.9 Å². The highest BCUT2D eigenvalue weighted by Gasteiger charge is 2.16. The predicted octanol–water partition coefficient (Wildman–Crippen LogP) is 1.62. The van der Waals surface area contributed by atoms with E-state index in [0.717, 1.165) is 0 Å². The van der Waals surface area contributed by atoms with Gasteiger partial charge in [0.1, 0.15) is 0 Å². The molecule has 80 valence electrons. The summed E-state index contributed by atoms with van der Waals surface area (Å²) >= 11 is 3.12. The van der Waals surface area contributed by atoms with Gasteiger partial charge in [-0.2, -0.15) is 5.26 Å². The molecule has 0 aromatic heterocycles. The van der Waals surface area contributed by atoms with Gasteiger partial charge in [0.25, 0.3) is 0 Å². The Balaban J connectivity index is 3.24. The summed E-state index contributed by atoms with van der Waals surface area (Å²) in [5.74, 6) is 0. The summed E-state index contributed by atoms with van der Waals surface area (Å²) in [6.45, 7) is 2.03. The Labute approximate surface area is 97.1 Å². The summed E-state index contributed by atoms with van der Waals surface area (Å²) < 4.78 is 26.0. The Morgan fingerprint density at radius 1 is 1.53 bits per heavy atom. The fraction of sp³-hybridized carbons (Fsp3) is 0.222. The number of benzene rings is 1. The zero-order chi connectivity index (χ0) is 11.5. The molecule has 0 atom stereocenters. The summed E-state index contributed by atoms with van der Waals surface area (Å²) in [4.78, 5) is 0.142. The Kier molecular flexibility index (Phi) is 3.85. The largest absolute Gasteiger partial charge is 0.241 e. The molecule has 0 fully saturated rings. The molecule has 1 aromatic carbocycles. The van der Waals surface area contributed by atoms with Crippen molar-refractivity contribution in [1.29, 1.82) is 5.26 Å². The van der Waals surface area contributed by atoms with Crippen LogP contribution in [-0.2, 0) is 10.0 Å². The molecule has 0 amide bonds. The van der Waals surface area contributed by atoms with Gasteiger partial charge < -0.3 is 0 Å². The van der Waals surface area contributed by atoms with E-state index in [1.807, 2.05) is 6.07 Å². The number of nitrogens with zero attached hydrogens (tertiary/aromatic N) is 1. The van der Waals surface area contributed by atoms with Crippen LogP contribution in [0.1, 0.15) is 12.5 Å². The number of nitrogens with one attached hydrogen (secondary N) is 1. The van der Waals surface area contributed by atoms with Gasteiger partial charge in [-0.05, 0) is 34.1 Å². The molecule has 0 aliphatic heterocycles. The lowest BCUT2D eigenvalue weighted by atomic mass is 10.2. The van der Waals surface area contributed by atoms with Gasteiger partial charge in [-0.1, -0.05) is 6.92 Å². The van der Waals surface area contributed by atoms with Crippen LogP contribution < -0.4 is 4.72 Å². The first-order valence-corrected chi connectivity index (χ1v) is 6.48. The summed E-state index contributed by atoms with van der Waals surface area (Å²) in [6.07, 6.45) is 0. The summed E-state index contributed by atoms with van der Waals surface area (Å²) in [5.41, 5.74) is 0.414. The van der Waals surface area contributed by atoms with Crippen molar-refractivity contribution < 1.29 is 8.42 Å². The first-order valence-electron chi connectivity index (χ1n) is 4.20. The van der Waals surface area contributed by atoms with E-state index < -0.39 is 10.0 Å². The van der Waals surface area contributed by atoms with Crippen LogP contribution in [0.25, 0.3) is 0 Å². The molecular formula is C9H9BrN2O2S. The number of sulfonamides is 1. The van der Waals surface area contributed by atoms with Crippen LogP contribution in [0, 0.1) is 11.3 Å². The predicted molar refractivity (Wildman–Crippen MR) is 59.7 cm³/mol. The van der Waals surface area contributed by atoms with Crippen molar-refractivity contribution in [2.24, 2.45) is 0 Å². The lowest BCUT2D eigenvalue weighted by molar-refractivity contribution is 0.583. The van der Waals surface area contributed by atoms with Crippen LogP contribution in [0.2, 0.25) is 0 Å². The van der Waals surface area contributed by atoms with E-state index in [9.17, 15) is 8.42 Å². The van der Waals surface area contributed by atoms with E-state index in [2.05, 4.69) is 20.7 Å². The molecule has 0 unspecified atom stereocenters. The van der Waals surface area contributed by atoms with E-state index in [4.69, 9.17) is 5.26 Å². The van der Waals surface area contributed by atoms with Crippen molar-refractivity contribution in [2.45, 2.75) is 11.8 Å². The number of rotatable bonds is 3. The minimum Gasteiger partial charge on any atom is -0.211 e. The fourth-order valence-electron chi connectivity index (χ4n) is 1.06. The lowest BCUT2D eigenvalue weighted by Crippen LogP contribution is -2.23. The summed E-state index contributed by atoms with van der Waals surface area (Å²) in [6, 6.07) is 6.28. The Morgan fingerprint density at radius 2 is 2.20 bits per heavy atom. The maximum Gasteiger partial charge on any atom is 0.241 e. The second-order valence-corrected chi connectivity index (χ2v) is 5.35. The topological polar surface area (TPSA) is 70.0 Å². The molecular weight excluding hydrogens is 280 g/mol. The number of hydrogen-bond donors (Lipinski definition) is 1. The quantitative estimate of drug-likeness (QED) is 0.919. The summed E-state index contributed by atoms with van der Waals surface area (Å²) in [7, 11) is -3.47. The zero-order valence-electron chi connectivity index (χ0n) is 7.99. The third-order valence-corrected chi connectivity index (χ3v) is 4.21. The number of halogens is 1. The molecule has 1 rings (SSSR count). The van der Waals surface area contributed by atoms with Crippen molar-refractivity contribution >= 4 is 26.0 Å². The second kappa shape index (κ2) is 4.75. The van der Waals surface area contributed by atoms with Crippen molar-refractivity contribution in [3.05, 3.63) is 28.2 Å². The molecule has 0 spiro atoms. The molecule has 15 heavy (non-hydrogen) atoms. The monoisotopic (exact) mass is 288 g/mol. The Bertz CT molecular complexity index is 505. The maximum atomic E-state index is 11.6. The third-order valence-electron chi connectivity index (χ3n) is 1.68. The van der Waals surface area contributed by atoms with Crippen LogP contribution in [0.5, 0.6) is 0 Å². The van der Waals surface area contributed by atoms with Crippen molar-refractivity contribution in [1.82, 2.24) is 4.72 Å². The molecule has 1 aromatic rings. The normalized spacial score (nSPS) is 11.0. The highest BCUT2D eigenvalue weighted by atomic mass is 79.9. The number of nitriles is 1. The molecule has 0 heterocycles. The smallest absolute Gasteiger partial charge is 0.211 e. The molecule has 0 radical (unpaired) electrons. The third kappa shape index (κ3) is 2.78. The molecule has 4 nitrogen and oxygen atoms in total. The standard InChI is InChI=1S/C9H9BrN2O2S/c1-2-12-15(13,14)9-4-3-7(6-11)5-8(9)10/h3-5,12H,2H2,1H3. The van der Waals surface area contributed by atoms with Crippen LogP contribution in [0.15, 0.2) is 27.6 Å². The van der Waals surface area contributed by atoms with Crippen molar-refractivity contribution in [2.75, 3.05) is 6.54 Å². The van der Waals surface area contributed by atoms with Gasteiger partial charge in [-0.3, -0.25) is 0 Å². The Hall–Kier alpha value is -0.900. The fourth-order valence-corrected chi connectivity index (χ4v) is 3.17. The van der Waals surface area contributed by atoms with Crippen LogP contribution in [-0.4, -0.2) is 15.0 Å². The first-order chi connectivity index (χ1) is 7.01. The van der Waals surface area contributed by atoms with E-state index >= 15 is 0 Å². The van der Waals surface area contributed by atoms with E-state index in [0.29, 0.717) is 16.6 Å². The zero-order valence-corrected chi connectivity index (χ0v) is 10.4. The first kappa shape index (κ1) is 12.2. The average molecular weight is 289 g/mol. The van der Waals surface area contributed by atoms with Gasteiger partial charge in [-0.15, -0.1) is 0 Å². The average Bonchev–Trinajstić information content (AvgIpc) is 2.17. The highest BCUT2D eigenvalue weighted by molar-refractivity contribution is 9.10. The van der Waals surface area contributed by atoms with Gasteiger partial charge >= 0.3 is 0 Å². The Morgan fingerprint density at radius 3 is 2.67 bits per heavy atom. The van der Waals surface area contributed by atoms with Crippen LogP contribution in [0.4, 0.5) is 0 Å². The molecule has 6 heteroatoms. The molecule has 0 saturated heterocycles. The summed E-state index contributed by atoms with van der Waals surface area (Å²) in [5, 5.41) is 8.62. The van der Waals surface area contributed by atoms with Crippen molar-refractivity contribution in [3.8, 4) is 6.07 Å². The molecule has 1 N–H and O–H groups in total. The van der Waals surface area contributed by atoms with Crippen LogP contribution in [0.3, 0.4) is 0 Å². The SMILES string of the molecule is CCNS(=O)(=O)c1ccc(C#N)cc1Br. The van der Waals surface area contributed by atoms with Gasteiger partial charge in [0, 0.05) is 11.0 Å². The van der Waals surface area contributed by atoms with Crippen molar-refractivity contribution in [3.63, 3.8) is 0 Å². The van der Waals surface area contributed by atoms with Gasteiger partial charge in [-0.25, -0.2) is 13.1 Å². The number of hydrogen-bond acceptors (Lipinski definition) is 3. The van der Waals surface area contributed by atoms with Gasteiger partial charge in [0.15, 0.2) is 0 Å². The van der Waals surface area contributed by atoms with Gasteiger partial charge in [0.2, 0.25) is 10.0 Å².